The molecule has 24 heavy (non-hydrogen) atoms. The number of nitrogens with zero attached hydrogens (tertiary/aromatic N) is 4. The van der Waals surface area contributed by atoms with Crippen LogP contribution in [0.5, 0.6) is 0 Å². The van der Waals surface area contributed by atoms with Crippen molar-refractivity contribution in [2.24, 2.45) is 5.92 Å². The van der Waals surface area contributed by atoms with E-state index >= 15 is 0 Å². The van der Waals surface area contributed by atoms with Crippen LogP contribution in [0.25, 0.3) is 21.5 Å². The SMILES string of the molecule is Cc1nc(-c2ccc(C(=O)N3CC(C#N)C3)cc2)c2sccc2n1. The van der Waals surface area contributed by atoms with Gasteiger partial charge in [-0.1, -0.05) is 12.1 Å². The van der Waals surface area contributed by atoms with Crippen molar-refractivity contribution in [1.29, 1.82) is 5.26 Å². The van der Waals surface area contributed by atoms with Gasteiger partial charge in [-0.2, -0.15) is 5.26 Å². The molecular formula is C18H14N4OS. The number of hydrogen-bond donors (Lipinski definition) is 0. The van der Waals surface area contributed by atoms with Gasteiger partial charge in [-0.3, -0.25) is 4.79 Å². The van der Waals surface area contributed by atoms with Gasteiger partial charge in [0.2, 0.25) is 0 Å². The minimum Gasteiger partial charge on any atom is -0.336 e. The molecule has 2 aromatic heterocycles. The van der Waals surface area contributed by atoms with Crippen molar-refractivity contribution in [3.8, 4) is 17.3 Å². The summed E-state index contributed by atoms with van der Waals surface area (Å²) in [6.45, 7) is 2.93. The molecule has 0 atom stereocenters. The first-order chi connectivity index (χ1) is 11.7. The van der Waals surface area contributed by atoms with Crippen molar-refractivity contribution in [1.82, 2.24) is 14.9 Å². The molecule has 0 saturated carbocycles. The summed E-state index contributed by atoms with van der Waals surface area (Å²) < 4.78 is 1.05. The van der Waals surface area contributed by atoms with Crippen molar-refractivity contribution in [2.45, 2.75) is 6.92 Å². The lowest BCUT2D eigenvalue weighted by molar-refractivity contribution is 0.0577. The van der Waals surface area contributed by atoms with Crippen molar-refractivity contribution >= 4 is 27.5 Å². The summed E-state index contributed by atoms with van der Waals surface area (Å²) in [4.78, 5) is 23.1. The van der Waals surface area contributed by atoms with E-state index in [0.717, 1.165) is 27.3 Å². The number of amides is 1. The highest BCUT2D eigenvalue weighted by atomic mass is 32.1. The van der Waals surface area contributed by atoms with E-state index < -0.39 is 0 Å². The zero-order valence-electron chi connectivity index (χ0n) is 13.1. The Morgan fingerprint density at radius 2 is 2.00 bits per heavy atom. The van der Waals surface area contributed by atoms with Crippen LogP contribution in [0.15, 0.2) is 35.7 Å². The number of carbonyl (C=O) groups excluding carboxylic acids is 1. The van der Waals surface area contributed by atoms with Crippen LogP contribution in [0, 0.1) is 24.2 Å². The normalized spacial score (nSPS) is 14.4. The minimum atomic E-state index is -0.0238. The average Bonchev–Trinajstić information content (AvgIpc) is 3.01. The molecule has 0 aliphatic carbocycles. The number of aromatic nitrogens is 2. The zero-order chi connectivity index (χ0) is 16.7. The van der Waals surface area contributed by atoms with Crippen molar-refractivity contribution < 1.29 is 4.79 Å². The number of rotatable bonds is 2. The summed E-state index contributed by atoms with van der Waals surface area (Å²) >= 11 is 1.62. The summed E-state index contributed by atoms with van der Waals surface area (Å²) in [5.41, 5.74) is 3.47. The lowest BCUT2D eigenvalue weighted by atomic mass is 10.00. The number of benzene rings is 1. The van der Waals surface area contributed by atoms with E-state index in [0.29, 0.717) is 18.7 Å². The average molecular weight is 334 g/mol. The molecule has 3 heterocycles. The molecule has 1 aromatic carbocycles. The highest BCUT2D eigenvalue weighted by Crippen LogP contribution is 2.30. The number of aryl methyl sites for hydroxylation is 1. The fourth-order valence-electron chi connectivity index (χ4n) is 2.85. The third-order valence-corrected chi connectivity index (χ3v) is 5.08. The Bertz CT molecular complexity index is 965. The summed E-state index contributed by atoms with van der Waals surface area (Å²) in [6.07, 6.45) is 0. The first-order valence-corrected chi connectivity index (χ1v) is 8.55. The van der Waals surface area contributed by atoms with E-state index in [1.807, 2.05) is 42.6 Å². The highest BCUT2D eigenvalue weighted by molar-refractivity contribution is 7.17. The zero-order valence-corrected chi connectivity index (χ0v) is 13.9. The molecule has 1 fully saturated rings. The van der Waals surface area contributed by atoms with Crippen LogP contribution >= 0.6 is 11.3 Å². The van der Waals surface area contributed by atoms with Gasteiger partial charge in [-0.25, -0.2) is 9.97 Å². The van der Waals surface area contributed by atoms with Crippen LogP contribution in [0.1, 0.15) is 16.2 Å². The third kappa shape index (κ3) is 2.43. The molecule has 4 rings (SSSR count). The maximum absolute atomic E-state index is 12.4. The molecule has 0 bridgehead atoms. The van der Waals surface area contributed by atoms with Gasteiger partial charge in [0, 0.05) is 24.2 Å². The standard InChI is InChI=1S/C18H14N4OS/c1-11-20-15-6-7-24-17(15)16(21-11)13-2-4-14(5-3-13)18(23)22-9-12(8-19)10-22/h2-7,12H,9-10H2,1H3. The van der Waals surface area contributed by atoms with E-state index in [2.05, 4.69) is 16.0 Å². The molecule has 5 nitrogen and oxygen atoms in total. The highest BCUT2D eigenvalue weighted by Gasteiger charge is 2.30. The summed E-state index contributed by atoms with van der Waals surface area (Å²) in [7, 11) is 0. The summed E-state index contributed by atoms with van der Waals surface area (Å²) in [5.74, 6) is 0.691. The molecule has 0 spiro atoms. The summed E-state index contributed by atoms with van der Waals surface area (Å²) in [5, 5.41) is 10.8. The topological polar surface area (TPSA) is 69.9 Å². The van der Waals surface area contributed by atoms with Crippen LogP contribution < -0.4 is 0 Å². The van der Waals surface area contributed by atoms with E-state index in [4.69, 9.17) is 5.26 Å². The van der Waals surface area contributed by atoms with Gasteiger partial charge in [0.05, 0.1) is 27.9 Å². The van der Waals surface area contributed by atoms with E-state index in [9.17, 15) is 4.79 Å². The Morgan fingerprint density at radius 1 is 1.25 bits per heavy atom. The maximum atomic E-state index is 12.4. The Kier molecular flexibility index (Phi) is 3.51. The Hall–Kier alpha value is -2.78. The van der Waals surface area contributed by atoms with Gasteiger partial charge in [0.15, 0.2) is 0 Å². The Balaban J connectivity index is 1.63. The second-order valence-corrected chi connectivity index (χ2v) is 6.78. The van der Waals surface area contributed by atoms with Gasteiger partial charge in [0.1, 0.15) is 5.82 Å². The predicted octanol–water partition coefficient (Wildman–Crippen LogP) is 3.26. The minimum absolute atomic E-state index is 0.0202. The fourth-order valence-corrected chi connectivity index (χ4v) is 3.70. The second-order valence-electron chi connectivity index (χ2n) is 5.87. The summed E-state index contributed by atoms with van der Waals surface area (Å²) in [6, 6.07) is 11.7. The third-order valence-electron chi connectivity index (χ3n) is 4.17. The van der Waals surface area contributed by atoms with Gasteiger partial charge in [-0.05, 0) is 30.5 Å². The van der Waals surface area contributed by atoms with Crippen LogP contribution in [0.4, 0.5) is 0 Å². The quantitative estimate of drug-likeness (QED) is 0.721. The number of likely N-dealkylation sites (tertiary alicyclic amines) is 1. The first kappa shape index (κ1) is 14.8. The number of carbonyl (C=O) groups is 1. The lowest BCUT2D eigenvalue weighted by Crippen LogP contribution is -2.49. The van der Waals surface area contributed by atoms with E-state index in [1.165, 1.54) is 0 Å². The molecule has 6 heteroatoms. The Morgan fingerprint density at radius 3 is 2.71 bits per heavy atom. The Labute approximate surface area is 143 Å². The monoisotopic (exact) mass is 334 g/mol. The molecule has 1 amide bonds. The second kappa shape index (κ2) is 5.69. The van der Waals surface area contributed by atoms with Crippen LogP contribution in [-0.4, -0.2) is 33.9 Å². The number of nitriles is 1. The predicted molar refractivity (Wildman–Crippen MR) is 92.6 cm³/mol. The van der Waals surface area contributed by atoms with Crippen molar-refractivity contribution in [2.75, 3.05) is 13.1 Å². The fraction of sp³-hybridized carbons (Fsp3) is 0.222. The molecular weight excluding hydrogens is 320 g/mol. The van der Waals surface area contributed by atoms with Gasteiger partial charge in [0.25, 0.3) is 5.91 Å². The molecule has 3 aromatic rings. The van der Waals surface area contributed by atoms with Crippen LogP contribution in [0.2, 0.25) is 0 Å². The lowest BCUT2D eigenvalue weighted by Gasteiger charge is -2.35. The smallest absolute Gasteiger partial charge is 0.253 e. The molecule has 118 valence electrons. The van der Waals surface area contributed by atoms with Gasteiger partial charge >= 0.3 is 0 Å². The van der Waals surface area contributed by atoms with Crippen molar-refractivity contribution in [3.63, 3.8) is 0 Å². The van der Waals surface area contributed by atoms with Crippen LogP contribution in [0.3, 0.4) is 0 Å². The van der Waals surface area contributed by atoms with E-state index in [-0.39, 0.29) is 11.8 Å². The molecule has 0 unspecified atom stereocenters. The molecule has 1 saturated heterocycles. The number of fused-ring (bicyclic) bond motifs is 1. The van der Waals surface area contributed by atoms with Crippen LogP contribution in [-0.2, 0) is 0 Å². The largest absolute Gasteiger partial charge is 0.336 e. The van der Waals surface area contributed by atoms with E-state index in [1.54, 1.807) is 16.2 Å². The molecule has 0 N–H and O–H groups in total. The molecule has 0 radical (unpaired) electrons. The molecule has 1 aliphatic heterocycles. The van der Waals surface area contributed by atoms with Gasteiger partial charge in [-0.15, -0.1) is 11.3 Å². The van der Waals surface area contributed by atoms with Crippen molar-refractivity contribution in [3.05, 3.63) is 47.1 Å². The van der Waals surface area contributed by atoms with Gasteiger partial charge < -0.3 is 4.90 Å². The number of thiophene rings is 1. The maximum Gasteiger partial charge on any atom is 0.253 e. The number of hydrogen-bond acceptors (Lipinski definition) is 5. The first-order valence-electron chi connectivity index (χ1n) is 7.67. The molecule has 1 aliphatic rings.